The maximum Gasteiger partial charge on any atom is 0.292 e. The van der Waals surface area contributed by atoms with Crippen molar-refractivity contribution >= 4 is 34.6 Å². The van der Waals surface area contributed by atoms with Crippen LogP contribution in [0.1, 0.15) is 20.8 Å². The highest BCUT2D eigenvalue weighted by Crippen LogP contribution is 2.23. The molecule has 0 spiro atoms. The van der Waals surface area contributed by atoms with Crippen LogP contribution in [0.2, 0.25) is 0 Å². The van der Waals surface area contributed by atoms with Crippen molar-refractivity contribution in [2.75, 3.05) is 5.32 Å². The van der Waals surface area contributed by atoms with Crippen molar-refractivity contribution in [3.8, 4) is 0 Å². The van der Waals surface area contributed by atoms with E-state index in [0.29, 0.717) is 0 Å². The Kier molecular flexibility index (Phi) is 4.55. The predicted octanol–water partition coefficient (Wildman–Crippen LogP) is 2.45. The van der Waals surface area contributed by atoms with Gasteiger partial charge in [0.2, 0.25) is 5.91 Å². The number of benzene rings is 1. The number of para-hydroxylation sites is 2. The van der Waals surface area contributed by atoms with E-state index in [4.69, 9.17) is 12.2 Å². The summed E-state index contributed by atoms with van der Waals surface area (Å²) in [5.41, 5.74) is -0.449. The number of amides is 1. The van der Waals surface area contributed by atoms with E-state index in [0.717, 1.165) is 0 Å². The lowest BCUT2D eigenvalue weighted by Crippen LogP contribution is -2.41. The minimum atomic E-state index is -0.589. The van der Waals surface area contributed by atoms with Gasteiger partial charge in [-0.05, 0) is 18.3 Å². The molecule has 0 fully saturated rings. The molecule has 0 aliphatic rings. The number of thiocarbonyl (C=S) groups is 1. The van der Waals surface area contributed by atoms with Gasteiger partial charge in [0.05, 0.1) is 4.92 Å². The number of carbonyl (C=O) groups excluding carboxylic acids is 1. The van der Waals surface area contributed by atoms with E-state index in [1.54, 1.807) is 32.9 Å². The Labute approximate surface area is 116 Å². The molecule has 0 unspecified atom stereocenters. The van der Waals surface area contributed by atoms with Gasteiger partial charge >= 0.3 is 0 Å². The molecule has 1 aromatic rings. The van der Waals surface area contributed by atoms with Gasteiger partial charge in [0.25, 0.3) is 5.69 Å². The lowest BCUT2D eigenvalue weighted by Gasteiger charge is -2.18. The summed E-state index contributed by atoms with van der Waals surface area (Å²) < 4.78 is 0. The molecule has 1 rings (SSSR count). The summed E-state index contributed by atoms with van der Waals surface area (Å²) >= 11 is 4.96. The number of nitro benzene ring substituents is 1. The van der Waals surface area contributed by atoms with Gasteiger partial charge in [0.15, 0.2) is 5.11 Å². The number of nitro groups is 1. The van der Waals surface area contributed by atoms with Crippen LogP contribution < -0.4 is 10.6 Å². The van der Waals surface area contributed by atoms with E-state index < -0.39 is 10.3 Å². The Morgan fingerprint density at radius 3 is 2.42 bits per heavy atom. The second-order valence-corrected chi connectivity index (χ2v) is 5.34. The van der Waals surface area contributed by atoms with Crippen LogP contribution in [0.25, 0.3) is 0 Å². The van der Waals surface area contributed by atoms with Crippen molar-refractivity contribution in [1.29, 1.82) is 0 Å². The third-order valence-electron chi connectivity index (χ3n) is 2.26. The van der Waals surface area contributed by atoms with Crippen LogP contribution in [0, 0.1) is 15.5 Å². The number of hydrogen-bond donors (Lipinski definition) is 2. The van der Waals surface area contributed by atoms with E-state index in [1.807, 2.05) is 0 Å². The van der Waals surface area contributed by atoms with Crippen molar-refractivity contribution in [3.63, 3.8) is 0 Å². The fourth-order valence-corrected chi connectivity index (χ4v) is 1.39. The lowest BCUT2D eigenvalue weighted by atomic mass is 9.96. The monoisotopic (exact) mass is 281 g/mol. The first kappa shape index (κ1) is 15.0. The summed E-state index contributed by atoms with van der Waals surface area (Å²) in [6, 6.07) is 6.08. The molecule has 1 aromatic carbocycles. The molecule has 102 valence electrons. The summed E-state index contributed by atoms with van der Waals surface area (Å²) in [7, 11) is 0. The van der Waals surface area contributed by atoms with Crippen LogP contribution in [0.4, 0.5) is 11.4 Å². The Balaban J connectivity index is 2.79. The molecule has 0 heterocycles. The largest absolute Gasteiger partial charge is 0.327 e. The molecular weight excluding hydrogens is 266 g/mol. The molecule has 1 amide bonds. The highest BCUT2D eigenvalue weighted by molar-refractivity contribution is 7.80. The maximum atomic E-state index is 11.7. The van der Waals surface area contributed by atoms with Crippen LogP contribution in [0.15, 0.2) is 24.3 Å². The van der Waals surface area contributed by atoms with E-state index in [9.17, 15) is 14.9 Å². The summed E-state index contributed by atoms with van der Waals surface area (Å²) in [4.78, 5) is 22.0. The minimum Gasteiger partial charge on any atom is -0.327 e. The molecule has 2 N–H and O–H groups in total. The highest BCUT2D eigenvalue weighted by Gasteiger charge is 2.22. The second-order valence-electron chi connectivity index (χ2n) is 4.93. The molecule has 0 aliphatic heterocycles. The highest BCUT2D eigenvalue weighted by atomic mass is 32.1. The molecule has 19 heavy (non-hydrogen) atoms. The average Bonchev–Trinajstić information content (AvgIpc) is 2.27. The van der Waals surface area contributed by atoms with Gasteiger partial charge in [-0.25, -0.2) is 0 Å². The van der Waals surface area contributed by atoms with Gasteiger partial charge in [0.1, 0.15) is 5.69 Å². The summed E-state index contributed by atoms with van der Waals surface area (Å²) in [6.07, 6.45) is 0. The number of carbonyl (C=O) groups is 1. The standard InChI is InChI=1S/C12H15N3O3S/c1-12(2,3)10(16)14-11(19)13-8-6-4-5-7-9(8)15(17)18/h4-7H,1-3H3,(H2,13,14,16,19). The number of rotatable bonds is 2. The third kappa shape index (κ3) is 4.29. The van der Waals surface area contributed by atoms with Crippen molar-refractivity contribution in [3.05, 3.63) is 34.4 Å². The molecule has 0 atom stereocenters. The summed E-state index contributed by atoms with van der Waals surface area (Å²) in [5, 5.41) is 16.0. The molecule has 0 aromatic heterocycles. The van der Waals surface area contributed by atoms with Crippen molar-refractivity contribution in [2.24, 2.45) is 5.41 Å². The molecule has 0 aliphatic carbocycles. The molecule has 6 nitrogen and oxygen atoms in total. The zero-order chi connectivity index (χ0) is 14.6. The first-order valence-electron chi connectivity index (χ1n) is 5.57. The van der Waals surface area contributed by atoms with Crippen molar-refractivity contribution in [1.82, 2.24) is 5.32 Å². The van der Waals surface area contributed by atoms with Gasteiger partial charge in [-0.1, -0.05) is 32.9 Å². The Bertz CT molecular complexity index is 523. The van der Waals surface area contributed by atoms with Crippen molar-refractivity contribution < 1.29 is 9.72 Å². The third-order valence-corrected chi connectivity index (χ3v) is 2.46. The average molecular weight is 281 g/mol. The molecular formula is C12H15N3O3S. The molecule has 0 bridgehead atoms. The van der Waals surface area contributed by atoms with Gasteiger partial charge < -0.3 is 10.6 Å². The quantitative estimate of drug-likeness (QED) is 0.494. The van der Waals surface area contributed by atoms with Crippen LogP contribution >= 0.6 is 12.2 Å². The fraction of sp³-hybridized carbons (Fsp3) is 0.333. The van der Waals surface area contributed by atoms with Crippen LogP contribution in [0.3, 0.4) is 0 Å². The SMILES string of the molecule is CC(C)(C)C(=O)NC(=S)Nc1ccccc1[N+](=O)[O-]. The first-order valence-corrected chi connectivity index (χ1v) is 5.98. The zero-order valence-electron chi connectivity index (χ0n) is 10.9. The van der Waals surface area contributed by atoms with Gasteiger partial charge in [-0.3, -0.25) is 14.9 Å². The fourth-order valence-electron chi connectivity index (χ4n) is 1.18. The normalized spacial score (nSPS) is 10.7. The maximum absolute atomic E-state index is 11.7. The smallest absolute Gasteiger partial charge is 0.292 e. The van der Waals surface area contributed by atoms with Crippen LogP contribution in [0.5, 0.6) is 0 Å². The molecule has 0 saturated carbocycles. The van der Waals surface area contributed by atoms with Crippen LogP contribution in [-0.4, -0.2) is 15.9 Å². The van der Waals surface area contributed by atoms with Gasteiger partial charge in [0, 0.05) is 11.5 Å². The van der Waals surface area contributed by atoms with E-state index in [-0.39, 0.29) is 22.4 Å². The molecule has 0 radical (unpaired) electrons. The Hall–Kier alpha value is -2.02. The molecule has 7 heteroatoms. The van der Waals surface area contributed by atoms with E-state index in [2.05, 4.69) is 10.6 Å². The topological polar surface area (TPSA) is 84.3 Å². The number of anilines is 1. The van der Waals surface area contributed by atoms with Gasteiger partial charge in [-0.2, -0.15) is 0 Å². The minimum absolute atomic E-state index is 0.0363. The second kappa shape index (κ2) is 5.75. The first-order chi connectivity index (χ1) is 8.71. The van der Waals surface area contributed by atoms with Crippen LogP contribution in [-0.2, 0) is 4.79 Å². The van der Waals surface area contributed by atoms with Crippen molar-refractivity contribution in [2.45, 2.75) is 20.8 Å². The van der Waals surface area contributed by atoms with E-state index >= 15 is 0 Å². The predicted molar refractivity (Wildman–Crippen MR) is 76.9 cm³/mol. The summed E-state index contributed by atoms with van der Waals surface area (Å²) in [5.74, 6) is -0.261. The number of nitrogens with one attached hydrogen (secondary N) is 2. The van der Waals surface area contributed by atoms with Gasteiger partial charge in [-0.15, -0.1) is 0 Å². The molecule has 0 saturated heterocycles. The lowest BCUT2D eigenvalue weighted by molar-refractivity contribution is -0.383. The Morgan fingerprint density at radius 2 is 1.89 bits per heavy atom. The Morgan fingerprint density at radius 1 is 1.32 bits per heavy atom. The van der Waals surface area contributed by atoms with E-state index in [1.165, 1.54) is 12.1 Å². The number of hydrogen-bond acceptors (Lipinski definition) is 4. The zero-order valence-corrected chi connectivity index (χ0v) is 11.7. The number of nitrogens with zero attached hydrogens (tertiary/aromatic N) is 1. The summed E-state index contributed by atoms with van der Waals surface area (Å²) in [6.45, 7) is 5.24.